The van der Waals surface area contributed by atoms with Gasteiger partial charge in [0.1, 0.15) is 11.5 Å². The number of benzene rings is 1. The average molecular weight is 265 g/mol. The first-order valence-corrected chi connectivity index (χ1v) is 5.86. The summed E-state index contributed by atoms with van der Waals surface area (Å²) in [6, 6.07) is 5.04. The normalized spacial score (nSPS) is 13.6. The molecule has 102 valence electrons. The summed E-state index contributed by atoms with van der Waals surface area (Å²) in [5.74, 6) is 0.877. The third kappa shape index (κ3) is 5.67. The van der Waals surface area contributed by atoms with Crippen molar-refractivity contribution in [2.24, 2.45) is 0 Å². The molecule has 0 saturated carbocycles. The molecular formula is C13H15NO5. The number of rotatable bonds is 3. The molecule has 0 saturated heterocycles. The highest BCUT2D eigenvalue weighted by atomic mass is 16.6. The van der Waals surface area contributed by atoms with Crippen molar-refractivity contribution in [2.45, 2.75) is 25.7 Å². The van der Waals surface area contributed by atoms with Crippen LogP contribution in [0.4, 0.5) is 5.69 Å². The van der Waals surface area contributed by atoms with E-state index in [9.17, 15) is 14.9 Å². The van der Waals surface area contributed by atoms with Crippen LogP contribution in [-0.2, 0) is 9.53 Å². The van der Waals surface area contributed by atoms with E-state index in [0.717, 1.165) is 25.0 Å². The molecule has 19 heavy (non-hydrogen) atoms. The molecule has 0 spiro atoms. The summed E-state index contributed by atoms with van der Waals surface area (Å²) >= 11 is 0. The van der Waals surface area contributed by atoms with Gasteiger partial charge in [0.05, 0.1) is 4.92 Å². The number of phenols is 1. The van der Waals surface area contributed by atoms with E-state index < -0.39 is 4.92 Å². The summed E-state index contributed by atoms with van der Waals surface area (Å²) in [7, 11) is 0. The molecule has 0 aromatic heterocycles. The number of nitro benzene ring substituents is 1. The van der Waals surface area contributed by atoms with Gasteiger partial charge in [-0.15, -0.1) is 0 Å². The van der Waals surface area contributed by atoms with E-state index >= 15 is 0 Å². The Bertz CT molecular complexity index is 453. The predicted octanol–water partition coefficient (Wildman–Crippen LogP) is 2.92. The topological polar surface area (TPSA) is 89.7 Å². The molecule has 0 heterocycles. The number of non-ortho nitro benzene ring substituents is 1. The number of ether oxygens (including phenoxy) is 1. The predicted molar refractivity (Wildman–Crippen MR) is 68.5 cm³/mol. The zero-order valence-electron chi connectivity index (χ0n) is 10.3. The molecule has 0 bridgehead atoms. The number of aromatic hydroxyl groups is 1. The van der Waals surface area contributed by atoms with E-state index in [1.807, 2.05) is 6.08 Å². The van der Waals surface area contributed by atoms with Crippen molar-refractivity contribution >= 4 is 12.2 Å². The van der Waals surface area contributed by atoms with Crippen LogP contribution < -0.4 is 0 Å². The summed E-state index contributed by atoms with van der Waals surface area (Å²) in [5.41, 5.74) is -0.0159. The van der Waals surface area contributed by atoms with Gasteiger partial charge in [0.15, 0.2) is 0 Å². The monoisotopic (exact) mass is 265 g/mol. The molecule has 0 aliphatic heterocycles. The van der Waals surface area contributed by atoms with Gasteiger partial charge in [-0.3, -0.25) is 14.9 Å². The highest BCUT2D eigenvalue weighted by molar-refractivity contribution is 5.39. The third-order valence-corrected chi connectivity index (χ3v) is 2.51. The van der Waals surface area contributed by atoms with Gasteiger partial charge in [-0.1, -0.05) is 0 Å². The van der Waals surface area contributed by atoms with E-state index in [1.165, 1.54) is 30.7 Å². The second-order valence-electron chi connectivity index (χ2n) is 3.90. The van der Waals surface area contributed by atoms with Gasteiger partial charge in [-0.25, -0.2) is 0 Å². The average Bonchev–Trinajstić information content (AvgIpc) is 2.41. The molecule has 0 atom stereocenters. The van der Waals surface area contributed by atoms with Crippen molar-refractivity contribution in [1.29, 1.82) is 0 Å². The maximum absolute atomic E-state index is 10.0. The first-order chi connectivity index (χ1) is 9.13. The molecule has 6 nitrogen and oxygen atoms in total. The summed E-state index contributed by atoms with van der Waals surface area (Å²) in [6.07, 6.45) is 6.35. The summed E-state index contributed by atoms with van der Waals surface area (Å²) in [6.45, 7) is 0.497. The lowest BCUT2D eigenvalue weighted by molar-refractivity contribution is -0.384. The minimum absolute atomic E-state index is 0.0159. The van der Waals surface area contributed by atoms with Crippen molar-refractivity contribution in [2.75, 3.05) is 0 Å². The SMILES string of the molecule is O=COC1=CCCCC1.O=[N+]([O-])c1ccc(O)cc1. The zero-order chi connectivity index (χ0) is 14.1. The van der Waals surface area contributed by atoms with Gasteiger partial charge >= 0.3 is 0 Å². The molecule has 0 unspecified atom stereocenters. The smallest absolute Gasteiger partial charge is 0.298 e. The summed E-state index contributed by atoms with van der Waals surface area (Å²) in [4.78, 5) is 19.3. The first kappa shape index (κ1) is 14.7. The van der Waals surface area contributed by atoms with Gasteiger partial charge in [0.2, 0.25) is 0 Å². The van der Waals surface area contributed by atoms with Crippen LogP contribution in [-0.4, -0.2) is 16.5 Å². The van der Waals surface area contributed by atoms with Gasteiger partial charge < -0.3 is 9.84 Å². The number of hydrogen-bond acceptors (Lipinski definition) is 5. The van der Waals surface area contributed by atoms with Crippen LogP contribution >= 0.6 is 0 Å². The maximum Gasteiger partial charge on any atom is 0.298 e. The second-order valence-corrected chi connectivity index (χ2v) is 3.90. The number of nitrogens with zero attached hydrogens (tertiary/aromatic N) is 1. The van der Waals surface area contributed by atoms with Crippen molar-refractivity contribution in [3.8, 4) is 5.75 Å². The Morgan fingerprint density at radius 2 is 1.95 bits per heavy atom. The largest absolute Gasteiger partial charge is 0.508 e. The molecule has 6 heteroatoms. The molecular weight excluding hydrogens is 250 g/mol. The Hall–Kier alpha value is -2.37. The van der Waals surface area contributed by atoms with Crippen LogP contribution in [0.1, 0.15) is 25.7 Å². The molecule has 0 radical (unpaired) electrons. The van der Waals surface area contributed by atoms with E-state index in [0.29, 0.717) is 6.47 Å². The van der Waals surface area contributed by atoms with Crippen molar-refractivity contribution in [3.05, 3.63) is 46.2 Å². The number of carbonyl (C=O) groups is 1. The van der Waals surface area contributed by atoms with E-state index in [4.69, 9.17) is 5.11 Å². The Balaban J connectivity index is 0.000000191. The van der Waals surface area contributed by atoms with Gasteiger partial charge in [-0.2, -0.15) is 0 Å². The number of carbonyl (C=O) groups excluding carboxylic acids is 1. The molecule has 0 amide bonds. The van der Waals surface area contributed by atoms with Gasteiger partial charge in [-0.05, 0) is 37.5 Å². The molecule has 1 aromatic rings. The Labute approximate surface area is 110 Å². The van der Waals surface area contributed by atoms with Gasteiger partial charge in [0.25, 0.3) is 12.2 Å². The minimum Gasteiger partial charge on any atom is -0.508 e. The van der Waals surface area contributed by atoms with Crippen LogP contribution in [0.25, 0.3) is 0 Å². The highest BCUT2D eigenvalue weighted by Gasteiger charge is 2.02. The lowest BCUT2D eigenvalue weighted by atomic mass is 10.1. The summed E-state index contributed by atoms with van der Waals surface area (Å²) in [5, 5.41) is 18.8. The number of nitro groups is 1. The molecule has 2 rings (SSSR count). The van der Waals surface area contributed by atoms with E-state index in [2.05, 4.69) is 4.74 Å². The zero-order valence-corrected chi connectivity index (χ0v) is 10.3. The fraction of sp³-hybridized carbons (Fsp3) is 0.308. The quantitative estimate of drug-likeness (QED) is 0.515. The Kier molecular flexibility index (Phi) is 6.08. The number of hydrogen-bond donors (Lipinski definition) is 1. The second kappa shape index (κ2) is 7.86. The van der Waals surface area contributed by atoms with Crippen LogP contribution in [0.3, 0.4) is 0 Å². The lowest BCUT2D eigenvalue weighted by Crippen LogP contribution is -1.94. The van der Waals surface area contributed by atoms with Crippen molar-refractivity contribution in [3.63, 3.8) is 0 Å². The van der Waals surface area contributed by atoms with Crippen LogP contribution in [0.15, 0.2) is 36.1 Å². The Morgan fingerprint density at radius 1 is 1.26 bits per heavy atom. The first-order valence-electron chi connectivity index (χ1n) is 5.86. The number of allylic oxidation sites excluding steroid dienone is 2. The maximum atomic E-state index is 10.0. The standard InChI is InChI=1S/C7H10O2.C6H5NO3/c8-6-9-7-4-2-1-3-5-7;8-6-3-1-5(2-4-6)7(9)10/h4,6H,1-3,5H2;1-4,8H. The lowest BCUT2D eigenvalue weighted by Gasteiger charge is -2.08. The molecule has 1 N–H and O–H groups in total. The molecule has 1 aliphatic rings. The molecule has 1 aliphatic carbocycles. The van der Waals surface area contributed by atoms with Crippen LogP contribution in [0, 0.1) is 10.1 Å². The molecule has 0 fully saturated rings. The number of phenolic OH excluding ortho intramolecular Hbond substituents is 1. The van der Waals surface area contributed by atoms with E-state index in [-0.39, 0.29) is 11.4 Å². The van der Waals surface area contributed by atoms with Crippen molar-refractivity contribution in [1.82, 2.24) is 0 Å². The van der Waals surface area contributed by atoms with Crippen molar-refractivity contribution < 1.29 is 19.6 Å². The molecule has 1 aromatic carbocycles. The fourth-order valence-corrected chi connectivity index (χ4v) is 1.55. The third-order valence-electron chi connectivity index (χ3n) is 2.51. The van der Waals surface area contributed by atoms with Crippen LogP contribution in [0.5, 0.6) is 5.75 Å². The fourth-order valence-electron chi connectivity index (χ4n) is 1.55. The van der Waals surface area contributed by atoms with Gasteiger partial charge in [0, 0.05) is 18.6 Å². The van der Waals surface area contributed by atoms with Crippen LogP contribution in [0.2, 0.25) is 0 Å². The Morgan fingerprint density at radius 3 is 2.42 bits per heavy atom. The minimum atomic E-state index is -0.514. The summed E-state index contributed by atoms with van der Waals surface area (Å²) < 4.78 is 4.66. The highest BCUT2D eigenvalue weighted by Crippen LogP contribution is 2.17. The van der Waals surface area contributed by atoms with E-state index in [1.54, 1.807) is 0 Å².